The second kappa shape index (κ2) is 17.9. The van der Waals surface area contributed by atoms with Gasteiger partial charge in [-0.2, -0.15) is 0 Å². The van der Waals surface area contributed by atoms with Gasteiger partial charge in [0.05, 0.1) is 23.4 Å². The fourth-order valence-corrected chi connectivity index (χ4v) is 12.4. The molecule has 5 amide bonds. The molecule has 17 nitrogen and oxygen atoms in total. The van der Waals surface area contributed by atoms with E-state index in [4.69, 9.17) is 4.98 Å². The summed E-state index contributed by atoms with van der Waals surface area (Å²) in [6.45, 7) is 10.1. The van der Waals surface area contributed by atoms with Crippen LogP contribution >= 0.6 is 0 Å². The predicted molar refractivity (Wildman–Crippen MR) is 268 cm³/mol. The average Bonchev–Trinajstić information content (AvgIpc) is 3.83. The van der Waals surface area contributed by atoms with Crippen LogP contribution < -0.4 is 30.9 Å². The molecule has 8 heterocycles. The normalized spacial score (nSPS) is 23.1. The molecule has 3 aromatic heterocycles. The first kappa shape index (κ1) is 46.3. The lowest BCUT2D eigenvalue weighted by molar-refractivity contribution is -0.136. The van der Waals surface area contributed by atoms with Gasteiger partial charge in [-0.05, 0) is 136 Å². The number of carbonyl (C=O) groups excluding carboxylic acids is 5. The van der Waals surface area contributed by atoms with E-state index in [0.29, 0.717) is 76.1 Å². The third-order valence-corrected chi connectivity index (χ3v) is 16.0. The van der Waals surface area contributed by atoms with E-state index in [1.54, 1.807) is 42.5 Å². The lowest BCUT2D eigenvalue weighted by atomic mass is 9.78. The summed E-state index contributed by atoms with van der Waals surface area (Å²) >= 11 is 0. The van der Waals surface area contributed by atoms with Crippen LogP contribution in [0.15, 0.2) is 71.8 Å². The van der Waals surface area contributed by atoms with Crippen LogP contribution in [0.25, 0.3) is 11.3 Å². The van der Waals surface area contributed by atoms with Crippen molar-refractivity contribution in [3.63, 3.8) is 0 Å². The SMILES string of the molecule is C[C@H]1CC([C@H]2CCCN(c3ccc4c(c3)C(=O)N(C3CCC(=O)NC3=O)C4=O)CC2)CCN1c1ccc(Nc2nc(-c3ccnc(N4CCn5c(cc6c5CC(C)(C)C6)C4=O)c3CO)cn(C)c2=O)cc1. The molecule has 5 aromatic rings. The highest BCUT2D eigenvalue weighted by atomic mass is 16.3. The van der Waals surface area contributed by atoms with Crippen molar-refractivity contribution in [3.05, 3.63) is 111 Å². The first-order valence-corrected chi connectivity index (χ1v) is 25.1. The number of aliphatic hydroxyl groups is 1. The highest BCUT2D eigenvalue weighted by Crippen LogP contribution is 2.41. The molecule has 3 N–H and O–H groups in total. The number of benzene rings is 2. The zero-order chi connectivity index (χ0) is 49.5. The third-order valence-electron chi connectivity index (χ3n) is 16.0. The lowest BCUT2D eigenvalue weighted by Crippen LogP contribution is -2.54. The molecule has 3 saturated heterocycles. The van der Waals surface area contributed by atoms with Gasteiger partial charge < -0.3 is 29.4 Å². The van der Waals surface area contributed by atoms with Gasteiger partial charge in [-0.3, -0.25) is 43.9 Å². The number of imide groups is 2. The molecule has 0 spiro atoms. The number of hydrogen-bond acceptors (Lipinski definition) is 12. The Kier molecular flexibility index (Phi) is 11.7. The minimum Gasteiger partial charge on any atom is -0.392 e. The summed E-state index contributed by atoms with van der Waals surface area (Å²) in [7, 11) is 1.67. The molecule has 11 rings (SSSR count). The third kappa shape index (κ3) is 8.26. The number of anilines is 5. The van der Waals surface area contributed by atoms with Gasteiger partial charge >= 0.3 is 0 Å². The van der Waals surface area contributed by atoms with Crippen molar-refractivity contribution in [2.24, 2.45) is 24.3 Å². The smallest absolute Gasteiger partial charge is 0.293 e. The first-order valence-electron chi connectivity index (χ1n) is 25.1. The Balaban J connectivity index is 0.725. The number of hydrogen-bond donors (Lipinski definition) is 3. The number of carbonyl (C=O) groups is 5. The van der Waals surface area contributed by atoms with E-state index >= 15 is 0 Å². The number of rotatable bonds is 9. The van der Waals surface area contributed by atoms with Crippen molar-refractivity contribution in [1.29, 1.82) is 0 Å². The summed E-state index contributed by atoms with van der Waals surface area (Å²) in [5.74, 6) is -0.480. The summed E-state index contributed by atoms with van der Waals surface area (Å²) in [5.41, 5.74) is 7.80. The quantitative estimate of drug-likeness (QED) is 0.147. The zero-order valence-electron chi connectivity index (χ0n) is 40.7. The molecule has 2 unspecified atom stereocenters. The molecule has 0 radical (unpaired) electrons. The van der Waals surface area contributed by atoms with Gasteiger partial charge in [0.2, 0.25) is 11.8 Å². The van der Waals surface area contributed by atoms with Crippen LogP contribution in [0.2, 0.25) is 0 Å². The van der Waals surface area contributed by atoms with Gasteiger partial charge in [0, 0.05) is 98.5 Å². The van der Waals surface area contributed by atoms with Crippen LogP contribution in [0.4, 0.5) is 28.7 Å². The summed E-state index contributed by atoms with van der Waals surface area (Å²) < 4.78 is 3.62. The Morgan fingerprint density at radius 2 is 1.58 bits per heavy atom. The highest BCUT2D eigenvalue weighted by Gasteiger charge is 2.45. The number of pyridine rings is 1. The van der Waals surface area contributed by atoms with Gasteiger partial charge in [-0.15, -0.1) is 0 Å². The molecule has 1 aliphatic carbocycles. The van der Waals surface area contributed by atoms with Gasteiger partial charge in [-0.1, -0.05) is 13.8 Å². The summed E-state index contributed by atoms with van der Waals surface area (Å²) in [6.07, 6.45) is 10.6. The molecule has 368 valence electrons. The fraction of sp³-hybridized carbons (Fsp3) is 0.444. The number of nitrogens with one attached hydrogen (secondary N) is 2. The first-order chi connectivity index (χ1) is 34.2. The number of nitrogens with zero attached hydrogens (tertiary/aromatic N) is 8. The molecular formula is C54H60N10O7. The maximum absolute atomic E-state index is 14.0. The number of aryl methyl sites for hydroxylation is 1. The molecule has 17 heteroatoms. The second-order valence-corrected chi connectivity index (χ2v) is 21.2. The van der Waals surface area contributed by atoms with Crippen molar-refractivity contribution in [3.8, 4) is 11.3 Å². The van der Waals surface area contributed by atoms with Crippen molar-refractivity contribution < 1.29 is 29.1 Å². The molecule has 4 atom stereocenters. The minimum absolute atomic E-state index is 0.0830. The van der Waals surface area contributed by atoms with Gasteiger partial charge in [0.1, 0.15) is 17.6 Å². The molecule has 3 fully saturated rings. The van der Waals surface area contributed by atoms with Crippen LogP contribution in [0.5, 0.6) is 0 Å². The van der Waals surface area contributed by atoms with Crippen LogP contribution in [-0.2, 0) is 42.6 Å². The molecule has 71 heavy (non-hydrogen) atoms. The predicted octanol–water partition coefficient (Wildman–Crippen LogP) is 5.98. The highest BCUT2D eigenvalue weighted by molar-refractivity contribution is 6.23. The Bertz CT molecular complexity index is 3090. The largest absolute Gasteiger partial charge is 0.392 e. The summed E-state index contributed by atoms with van der Waals surface area (Å²) in [4.78, 5) is 95.5. The number of aliphatic hydroxyl groups excluding tert-OH is 1. The van der Waals surface area contributed by atoms with E-state index in [1.807, 2.05) is 24.3 Å². The maximum Gasteiger partial charge on any atom is 0.293 e. The Morgan fingerprint density at radius 3 is 2.35 bits per heavy atom. The van der Waals surface area contributed by atoms with Gasteiger partial charge in [-0.25, -0.2) is 9.97 Å². The lowest BCUT2D eigenvalue weighted by Gasteiger charge is -2.42. The zero-order valence-corrected chi connectivity index (χ0v) is 40.7. The average molecular weight is 961 g/mol. The Labute approximate surface area is 411 Å². The number of amides is 5. The van der Waals surface area contributed by atoms with Gasteiger partial charge in [0.25, 0.3) is 23.3 Å². The number of fused-ring (bicyclic) bond motifs is 4. The van der Waals surface area contributed by atoms with Crippen molar-refractivity contribution in [2.75, 3.05) is 46.2 Å². The van der Waals surface area contributed by atoms with Crippen LogP contribution in [0.1, 0.15) is 114 Å². The minimum atomic E-state index is -0.988. The molecular weight excluding hydrogens is 901 g/mol. The topological polar surface area (TPSA) is 195 Å². The number of aromatic nitrogens is 4. The maximum atomic E-state index is 14.0. The van der Waals surface area contributed by atoms with Crippen LogP contribution in [0.3, 0.4) is 0 Å². The Hall–Kier alpha value is -7.14. The van der Waals surface area contributed by atoms with Crippen LogP contribution in [-0.4, -0.2) is 96.9 Å². The monoisotopic (exact) mass is 960 g/mol. The van der Waals surface area contributed by atoms with Crippen molar-refractivity contribution >= 4 is 58.2 Å². The van der Waals surface area contributed by atoms with E-state index in [0.717, 1.165) is 80.9 Å². The van der Waals surface area contributed by atoms with E-state index in [2.05, 4.69) is 62.9 Å². The van der Waals surface area contributed by atoms with Crippen molar-refractivity contribution in [1.82, 2.24) is 29.3 Å². The van der Waals surface area contributed by atoms with Gasteiger partial charge in [0.15, 0.2) is 5.82 Å². The number of piperidine rings is 2. The molecule has 6 aliphatic rings. The summed E-state index contributed by atoms with van der Waals surface area (Å²) in [5, 5.41) is 16.3. The Morgan fingerprint density at radius 1 is 0.803 bits per heavy atom. The fourth-order valence-electron chi connectivity index (χ4n) is 12.4. The molecule has 0 saturated carbocycles. The molecule has 2 aromatic carbocycles. The van der Waals surface area contributed by atoms with E-state index in [9.17, 15) is 33.9 Å². The molecule has 0 bridgehead atoms. The van der Waals surface area contributed by atoms with E-state index < -0.39 is 29.7 Å². The van der Waals surface area contributed by atoms with E-state index in [1.165, 1.54) is 15.8 Å². The van der Waals surface area contributed by atoms with Crippen LogP contribution in [0, 0.1) is 17.3 Å². The van der Waals surface area contributed by atoms with E-state index in [-0.39, 0.29) is 42.1 Å². The summed E-state index contributed by atoms with van der Waals surface area (Å²) in [6, 6.07) is 16.6. The molecule has 5 aliphatic heterocycles. The van der Waals surface area contributed by atoms with Crippen molar-refractivity contribution in [2.45, 2.75) is 104 Å². The second-order valence-electron chi connectivity index (χ2n) is 21.2. The standard InChI is InChI=1S/C54H60N10O7/c1-31-24-33(32-6-5-19-60(20-16-32)37-11-12-39-40(26-37)51(69)64(50(39)68)43-13-14-46(66)58-49(43)67)17-21-61(31)36-9-7-35(8-10-36)56-47-53(71)59(4)29-42(57-47)38-15-18-55-48(41(38)30-65)63-23-22-62-44(52(63)70)25-34-27-54(2,3)28-45(34)62/h7-12,15,18,25-26,29,31-33,43,65H,5-6,13-14,16-17,19-24,27-28,30H2,1-4H3,(H,56,57)(H,58,66,67)/t31-,32-,33?,43?/m0/s1.